The molecule has 178 valence electrons. The van der Waals surface area contributed by atoms with Crippen LogP contribution in [-0.2, 0) is 19.7 Å². The van der Waals surface area contributed by atoms with Crippen molar-refractivity contribution in [2.75, 3.05) is 0 Å². The Bertz CT molecular complexity index is 1160. The molecule has 0 unspecified atom stereocenters. The minimum absolute atomic E-state index is 0.0143. The number of sulfone groups is 2. The fourth-order valence-corrected chi connectivity index (χ4v) is 8.91. The molecule has 0 radical (unpaired) electrons. The van der Waals surface area contributed by atoms with Crippen LogP contribution in [0.25, 0.3) is 0 Å². The van der Waals surface area contributed by atoms with E-state index in [1.807, 2.05) is 26.0 Å². The fraction of sp³-hybridized carbons (Fsp3) is 0.333. The normalized spacial score (nSPS) is 13.6. The molecule has 0 fully saturated rings. The van der Waals surface area contributed by atoms with Gasteiger partial charge in [0.25, 0.3) is 0 Å². The summed E-state index contributed by atoms with van der Waals surface area (Å²) in [5.74, 6) is 0. The van der Waals surface area contributed by atoms with Crippen molar-refractivity contribution in [3.05, 3.63) is 95.6 Å². The standard InChI is InChI=1S/C27H34O4S2/c1-6-23(4)14-13-15-24(5)21-27(20-22(2)3,32(28,29)25-16-9-7-10-17-25)33(30,31)26-18-11-8-12-19-26/h6-12,15-20H,13-14,21H2,1-5H3/b23-6+,24-15+. The van der Waals surface area contributed by atoms with Crippen molar-refractivity contribution in [1.29, 1.82) is 0 Å². The van der Waals surface area contributed by atoms with E-state index in [0.717, 1.165) is 12.0 Å². The second-order valence-corrected chi connectivity index (χ2v) is 13.2. The molecule has 2 aromatic carbocycles. The van der Waals surface area contributed by atoms with Gasteiger partial charge in [0.2, 0.25) is 23.8 Å². The highest BCUT2D eigenvalue weighted by Crippen LogP contribution is 2.42. The lowest BCUT2D eigenvalue weighted by Gasteiger charge is -2.31. The van der Waals surface area contributed by atoms with Gasteiger partial charge in [-0.15, -0.1) is 0 Å². The molecular formula is C27H34O4S2. The van der Waals surface area contributed by atoms with Crippen molar-refractivity contribution in [2.24, 2.45) is 0 Å². The molecule has 0 N–H and O–H groups in total. The zero-order valence-corrected chi connectivity index (χ0v) is 21.7. The Balaban J connectivity index is 2.80. The predicted octanol–water partition coefficient (Wildman–Crippen LogP) is 6.68. The topological polar surface area (TPSA) is 68.3 Å². The van der Waals surface area contributed by atoms with Crippen LogP contribution in [-0.4, -0.2) is 20.9 Å². The van der Waals surface area contributed by atoms with Gasteiger partial charge in [-0.1, -0.05) is 65.3 Å². The molecule has 0 spiro atoms. The van der Waals surface area contributed by atoms with Crippen molar-refractivity contribution in [3.63, 3.8) is 0 Å². The molecule has 0 aliphatic rings. The molecule has 33 heavy (non-hydrogen) atoms. The SMILES string of the molecule is C/C=C(\C)CC/C=C(\C)CC(C=C(C)C)(S(=O)(=O)c1ccccc1)S(=O)(=O)c1ccccc1. The first-order valence-electron chi connectivity index (χ1n) is 11.0. The van der Waals surface area contributed by atoms with Gasteiger partial charge in [0, 0.05) is 6.42 Å². The maximum atomic E-state index is 14.1. The molecule has 0 saturated heterocycles. The van der Waals surface area contributed by atoms with Crippen LogP contribution in [0.3, 0.4) is 0 Å². The maximum absolute atomic E-state index is 14.1. The molecule has 0 aliphatic carbocycles. The van der Waals surface area contributed by atoms with Gasteiger partial charge < -0.3 is 0 Å². The fourth-order valence-electron chi connectivity index (χ4n) is 3.73. The monoisotopic (exact) mass is 486 g/mol. The lowest BCUT2D eigenvalue weighted by atomic mass is 10.1. The molecule has 2 aromatic rings. The van der Waals surface area contributed by atoms with E-state index in [2.05, 4.69) is 0 Å². The summed E-state index contributed by atoms with van der Waals surface area (Å²) in [5.41, 5.74) is 2.56. The van der Waals surface area contributed by atoms with E-state index in [9.17, 15) is 16.8 Å². The first-order valence-corrected chi connectivity index (χ1v) is 14.0. The Hall–Kier alpha value is -2.44. The molecule has 0 heterocycles. The van der Waals surface area contributed by atoms with E-state index in [1.165, 1.54) is 35.9 Å². The maximum Gasteiger partial charge on any atom is 0.204 e. The molecule has 6 heteroatoms. The van der Waals surface area contributed by atoms with Gasteiger partial charge in [-0.3, -0.25) is 0 Å². The van der Waals surface area contributed by atoms with Gasteiger partial charge in [0.15, 0.2) is 0 Å². The zero-order chi connectivity index (χ0) is 24.7. The smallest absolute Gasteiger partial charge is 0.204 e. The summed E-state index contributed by atoms with van der Waals surface area (Å²) in [4.78, 5) is -0.0286. The van der Waals surface area contributed by atoms with Crippen LogP contribution in [0.5, 0.6) is 0 Å². The van der Waals surface area contributed by atoms with Gasteiger partial charge in [-0.25, -0.2) is 16.8 Å². The van der Waals surface area contributed by atoms with Crippen LogP contribution in [0, 0.1) is 0 Å². The molecule has 0 aromatic heterocycles. The number of benzene rings is 2. The van der Waals surface area contributed by atoms with Crippen LogP contribution < -0.4 is 0 Å². The quantitative estimate of drug-likeness (QED) is 0.351. The number of rotatable bonds is 10. The Labute approximate surface area is 199 Å². The summed E-state index contributed by atoms with van der Waals surface area (Å²) in [6.45, 7) is 9.27. The summed E-state index contributed by atoms with van der Waals surface area (Å²) in [6.07, 6.45) is 6.79. The predicted molar refractivity (Wildman–Crippen MR) is 136 cm³/mol. The van der Waals surface area contributed by atoms with Crippen LogP contribution in [0.15, 0.2) is 105 Å². The van der Waals surface area contributed by atoms with E-state index in [-0.39, 0.29) is 16.2 Å². The minimum Gasteiger partial charge on any atom is -0.222 e. The Morgan fingerprint density at radius 2 is 1.21 bits per heavy atom. The third-order valence-electron chi connectivity index (χ3n) is 5.57. The summed E-state index contributed by atoms with van der Waals surface area (Å²) in [5, 5.41) is 0. The highest BCUT2D eigenvalue weighted by molar-refractivity contribution is 8.10. The Morgan fingerprint density at radius 1 is 0.758 bits per heavy atom. The largest absolute Gasteiger partial charge is 0.222 e. The van der Waals surface area contributed by atoms with E-state index >= 15 is 0 Å². The van der Waals surface area contributed by atoms with E-state index < -0.39 is 23.8 Å². The molecule has 0 aliphatic heterocycles. The van der Waals surface area contributed by atoms with Crippen molar-refractivity contribution >= 4 is 19.7 Å². The van der Waals surface area contributed by atoms with E-state index in [0.29, 0.717) is 12.0 Å². The van der Waals surface area contributed by atoms with Crippen LogP contribution in [0.1, 0.15) is 53.9 Å². The highest BCUT2D eigenvalue weighted by atomic mass is 32.3. The molecule has 0 saturated carbocycles. The van der Waals surface area contributed by atoms with Crippen LogP contribution in [0.2, 0.25) is 0 Å². The molecule has 0 amide bonds. The number of allylic oxidation sites excluding steroid dienone is 5. The average Bonchev–Trinajstić information content (AvgIpc) is 2.79. The highest BCUT2D eigenvalue weighted by Gasteiger charge is 2.54. The first kappa shape index (κ1) is 26.8. The minimum atomic E-state index is -4.32. The van der Waals surface area contributed by atoms with Crippen molar-refractivity contribution < 1.29 is 16.8 Å². The Morgan fingerprint density at radius 3 is 1.61 bits per heavy atom. The molecule has 0 atom stereocenters. The number of hydrogen-bond acceptors (Lipinski definition) is 4. The van der Waals surface area contributed by atoms with Gasteiger partial charge in [0.1, 0.15) is 0 Å². The first-order chi connectivity index (χ1) is 15.5. The van der Waals surface area contributed by atoms with Gasteiger partial charge in [-0.05, 0) is 77.8 Å². The molecular weight excluding hydrogens is 452 g/mol. The second-order valence-electron chi connectivity index (χ2n) is 8.57. The zero-order valence-electron chi connectivity index (χ0n) is 20.1. The average molecular weight is 487 g/mol. The summed E-state index contributed by atoms with van der Waals surface area (Å²) >= 11 is 0. The molecule has 0 bridgehead atoms. The van der Waals surface area contributed by atoms with Crippen molar-refractivity contribution in [3.8, 4) is 0 Å². The van der Waals surface area contributed by atoms with E-state index in [1.54, 1.807) is 57.2 Å². The van der Waals surface area contributed by atoms with Crippen LogP contribution in [0.4, 0.5) is 0 Å². The third kappa shape index (κ3) is 5.92. The summed E-state index contributed by atoms with van der Waals surface area (Å²) in [7, 11) is -8.64. The molecule has 2 rings (SSSR count). The lowest BCUT2D eigenvalue weighted by molar-refractivity contribution is 0.554. The Kier molecular flexibility index (Phi) is 9.04. The molecule has 4 nitrogen and oxygen atoms in total. The van der Waals surface area contributed by atoms with E-state index in [4.69, 9.17) is 0 Å². The van der Waals surface area contributed by atoms with Gasteiger partial charge in [-0.2, -0.15) is 0 Å². The van der Waals surface area contributed by atoms with Gasteiger partial charge >= 0.3 is 0 Å². The third-order valence-corrected chi connectivity index (χ3v) is 11.0. The van der Waals surface area contributed by atoms with Crippen LogP contribution >= 0.6 is 0 Å². The number of hydrogen-bond donors (Lipinski definition) is 0. The lowest BCUT2D eigenvalue weighted by Crippen LogP contribution is -2.45. The summed E-state index contributed by atoms with van der Waals surface area (Å²) < 4.78 is 54.3. The van der Waals surface area contributed by atoms with Crippen molar-refractivity contribution in [2.45, 2.75) is 67.8 Å². The second kappa shape index (κ2) is 11.1. The van der Waals surface area contributed by atoms with Crippen molar-refractivity contribution in [1.82, 2.24) is 0 Å². The summed E-state index contributed by atoms with van der Waals surface area (Å²) in [6, 6.07) is 15.7. The van der Waals surface area contributed by atoms with Gasteiger partial charge in [0.05, 0.1) is 9.79 Å².